The van der Waals surface area contributed by atoms with Crippen LogP contribution < -0.4 is 10.1 Å². The molecule has 3 saturated heterocycles. The van der Waals surface area contributed by atoms with Crippen LogP contribution in [0.25, 0.3) is 16.9 Å². The van der Waals surface area contributed by atoms with Crippen LogP contribution in [-0.4, -0.2) is 71.6 Å². The quantitative estimate of drug-likeness (QED) is 0.437. The first-order chi connectivity index (χ1) is 17.9. The minimum absolute atomic E-state index is 0.320. The topological polar surface area (TPSA) is 110 Å². The van der Waals surface area contributed by atoms with Crippen LogP contribution >= 0.6 is 0 Å². The van der Waals surface area contributed by atoms with Crippen molar-refractivity contribution in [1.82, 2.24) is 29.6 Å². The summed E-state index contributed by atoms with van der Waals surface area (Å²) in [5.41, 5.74) is 2.76. The van der Waals surface area contributed by atoms with E-state index < -0.39 is 9.73 Å². The van der Waals surface area contributed by atoms with Crippen molar-refractivity contribution in [1.29, 1.82) is 0 Å². The van der Waals surface area contributed by atoms with Crippen molar-refractivity contribution in [3.05, 3.63) is 54.4 Å². The van der Waals surface area contributed by atoms with Gasteiger partial charge >= 0.3 is 0 Å². The zero-order chi connectivity index (χ0) is 25.1. The number of hydrogen-bond acceptors (Lipinski definition) is 9. The molecule has 2 unspecified atom stereocenters. The minimum Gasteiger partial charge on any atom is -0.488 e. The normalized spacial score (nSPS) is 24.3. The van der Waals surface area contributed by atoms with Crippen LogP contribution in [0.15, 0.2) is 53.2 Å². The molecule has 0 aliphatic carbocycles. The van der Waals surface area contributed by atoms with Gasteiger partial charge in [-0.3, -0.25) is 4.90 Å². The van der Waals surface area contributed by atoms with Crippen molar-refractivity contribution in [2.45, 2.75) is 31.4 Å². The van der Waals surface area contributed by atoms with E-state index in [-0.39, 0.29) is 0 Å². The van der Waals surface area contributed by atoms with Gasteiger partial charge in [0.2, 0.25) is 5.95 Å². The predicted octanol–water partition coefficient (Wildman–Crippen LogP) is 3.71. The number of nitrogens with one attached hydrogen (secondary N) is 1. The second-order valence-electron chi connectivity index (χ2n) is 10.3. The highest BCUT2D eigenvalue weighted by atomic mass is 32.2. The van der Waals surface area contributed by atoms with E-state index in [1.807, 2.05) is 18.2 Å². The molecule has 4 aromatic rings. The number of benzene rings is 1. The number of hydrogen-bond donors (Lipinski definition) is 1. The van der Waals surface area contributed by atoms with Crippen molar-refractivity contribution in [3.63, 3.8) is 0 Å². The molecule has 7 heterocycles. The molecule has 1 aromatic carbocycles. The van der Waals surface area contributed by atoms with Gasteiger partial charge < -0.3 is 10.1 Å². The Labute approximate surface area is 215 Å². The highest BCUT2D eigenvalue weighted by Gasteiger charge is 2.46. The zero-order valence-corrected chi connectivity index (χ0v) is 21.6. The van der Waals surface area contributed by atoms with Gasteiger partial charge in [-0.15, -0.1) is 0 Å². The summed E-state index contributed by atoms with van der Waals surface area (Å²) in [7, 11) is -2.33. The van der Waals surface area contributed by atoms with Crippen LogP contribution in [0.4, 0.5) is 17.5 Å². The molecule has 0 radical (unpaired) electrons. The first-order valence-corrected chi connectivity index (χ1v) is 14.9. The van der Waals surface area contributed by atoms with E-state index in [9.17, 15) is 4.21 Å². The summed E-state index contributed by atoms with van der Waals surface area (Å²) in [4.78, 5) is 16.3. The molecule has 4 aliphatic rings. The lowest BCUT2D eigenvalue weighted by Crippen LogP contribution is -2.61. The average molecular weight is 517 g/mol. The average Bonchev–Trinajstić information content (AvgIpc) is 3.31. The maximum absolute atomic E-state index is 12.1. The van der Waals surface area contributed by atoms with E-state index in [0.29, 0.717) is 41.3 Å². The summed E-state index contributed by atoms with van der Waals surface area (Å²) in [6, 6.07) is 12.1. The molecule has 2 bridgehead atoms. The highest BCUT2D eigenvalue weighted by Crippen LogP contribution is 2.42. The number of aromatic nitrogens is 5. The van der Waals surface area contributed by atoms with Crippen molar-refractivity contribution < 1.29 is 8.95 Å². The van der Waals surface area contributed by atoms with E-state index in [1.54, 1.807) is 35.7 Å². The maximum atomic E-state index is 12.1. The van der Waals surface area contributed by atoms with Gasteiger partial charge in [-0.25, -0.2) is 14.2 Å². The van der Waals surface area contributed by atoms with Crippen LogP contribution in [0.1, 0.15) is 18.4 Å². The SMILES string of the molecule is CS(C)(=O)=Nc1cccc(-n2ncc3cnc(Nc4ccc5c(c4)CC4C(O5)C5CCN4CC5)nc32)n1. The summed E-state index contributed by atoms with van der Waals surface area (Å²) < 4.78 is 24.4. The number of nitrogens with zero attached hydrogens (tertiary/aromatic N) is 7. The molecule has 190 valence electrons. The fraction of sp³-hybridized carbons (Fsp3) is 0.385. The second-order valence-corrected chi connectivity index (χ2v) is 12.9. The number of fused-ring (bicyclic) bond motifs is 4. The molecule has 3 aromatic heterocycles. The van der Waals surface area contributed by atoms with Crippen LogP contribution in [0.2, 0.25) is 0 Å². The number of ether oxygens (including phenoxy) is 1. The van der Waals surface area contributed by atoms with Gasteiger partial charge in [0.05, 0.1) is 17.6 Å². The molecular formula is C26H28N8O2S. The summed E-state index contributed by atoms with van der Waals surface area (Å²) in [5, 5.41) is 8.60. The Balaban J connectivity index is 1.17. The van der Waals surface area contributed by atoms with Gasteiger partial charge in [0, 0.05) is 34.1 Å². The number of pyridine rings is 1. The minimum atomic E-state index is -2.33. The number of piperidine rings is 3. The second kappa shape index (κ2) is 8.49. The van der Waals surface area contributed by atoms with Crippen molar-refractivity contribution >= 4 is 38.2 Å². The third kappa shape index (κ3) is 4.21. The molecule has 0 amide bonds. The Morgan fingerprint density at radius 3 is 2.81 bits per heavy atom. The van der Waals surface area contributed by atoms with Gasteiger partial charge in [0.1, 0.15) is 11.9 Å². The molecular weight excluding hydrogens is 488 g/mol. The van der Waals surface area contributed by atoms with Crippen molar-refractivity contribution in [3.8, 4) is 11.6 Å². The third-order valence-electron chi connectivity index (χ3n) is 7.45. The predicted molar refractivity (Wildman–Crippen MR) is 142 cm³/mol. The maximum Gasteiger partial charge on any atom is 0.229 e. The van der Waals surface area contributed by atoms with Gasteiger partial charge in [-0.1, -0.05) is 6.07 Å². The summed E-state index contributed by atoms with van der Waals surface area (Å²) in [6.07, 6.45) is 10.4. The molecule has 0 saturated carbocycles. The van der Waals surface area contributed by atoms with E-state index in [4.69, 9.17) is 9.72 Å². The molecule has 11 heteroatoms. The van der Waals surface area contributed by atoms with Gasteiger partial charge in [0.25, 0.3) is 0 Å². The third-order valence-corrected chi connectivity index (χ3v) is 8.08. The zero-order valence-electron chi connectivity index (χ0n) is 20.7. The fourth-order valence-electron chi connectivity index (χ4n) is 5.81. The smallest absolute Gasteiger partial charge is 0.229 e. The molecule has 2 atom stereocenters. The van der Waals surface area contributed by atoms with Crippen LogP contribution in [-0.2, 0) is 16.1 Å². The van der Waals surface area contributed by atoms with Crippen molar-refractivity contribution in [2.75, 3.05) is 30.9 Å². The Kier molecular flexibility index (Phi) is 5.19. The van der Waals surface area contributed by atoms with Crippen LogP contribution in [0.3, 0.4) is 0 Å². The molecule has 3 fully saturated rings. The first-order valence-electron chi connectivity index (χ1n) is 12.6. The largest absolute Gasteiger partial charge is 0.488 e. The van der Waals surface area contributed by atoms with E-state index in [0.717, 1.165) is 23.2 Å². The monoisotopic (exact) mass is 516 g/mol. The van der Waals surface area contributed by atoms with E-state index in [1.165, 1.54) is 31.5 Å². The lowest BCUT2D eigenvalue weighted by molar-refractivity contribution is -0.0671. The summed E-state index contributed by atoms with van der Waals surface area (Å²) in [6.45, 7) is 2.37. The molecule has 4 aliphatic heterocycles. The van der Waals surface area contributed by atoms with Gasteiger partial charge in [0.15, 0.2) is 17.3 Å². The Hall–Kier alpha value is -3.57. The van der Waals surface area contributed by atoms with Gasteiger partial charge in [-0.2, -0.15) is 19.1 Å². The van der Waals surface area contributed by atoms with Crippen LogP contribution in [0.5, 0.6) is 5.75 Å². The highest BCUT2D eigenvalue weighted by molar-refractivity contribution is 7.92. The molecule has 8 rings (SSSR count). The number of anilines is 2. The van der Waals surface area contributed by atoms with Gasteiger partial charge in [-0.05, 0) is 74.2 Å². The van der Waals surface area contributed by atoms with E-state index >= 15 is 0 Å². The van der Waals surface area contributed by atoms with Crippen molar-refractivity contribution in [2.24, 2.45) is 10.3 Å². The summed E-state index contributed by atoms with van der Waals surface area (Å²) in [5.74, 6) is 3.08. The lowest BCUT2D eigenvalue weighted by atomic mass is 9.77. The Morgan fingerprint density at radius 1 is 1.11 bits per heavy atom. The standard InChI is InChI=1S/C26H28N8O2S/c1-37(2,35)32-22-4-3-5-23(30-22)34-25-18(15-28-34)14-27-26(31-25)29-19-6-7-21-17(12-19)13-20-24(36-21)16-8-10-33(20)11-9-16/h3-7,12,14-16,20,24H,8-11,13H2,1-2H3,(H,27,29,31). The molecule has 37 heavy (non-hydrogen) atoms. The molecule has 10 nitrogen and oxygen atoms in total. The van der Waals surface area contributed by atoms with Crippen LogP contribution in [0, 0.1) is 5.92 Å². The Bertz CT molecular complexity index is 1630. The Morgan fingerprint density at radius 2 is 1.97 bits per heavy atom. The van der Waals surface area contributed by atoms with E-state index in [2.05, 4.69) is 41.8 Å². The molecule has 1 N–H and O–H groups in total. The first kappa shape index (κ1) is 22.6. The summed E-state index contributed by atoms with van der Waals surface area (Å²) >= 11 is 0. The molecule has 0 spiro atoms. The fourth-order valence-corrected chi connectivity index (χ4v) is 6.36. The lowest BCUT2D eigenvalue weighted by Gasteiger charge is -2.52. The number of rotatable bonds is 4.